The van der Waals surface area contributed by atoms with E-state index in [1.54, 1.807) is 6.07 Å². The summed E-state index contributed by atoms with van der Waals surface area (Å²) in [7, 11) is 0. The average Bonchev–Trinajstić information content (AvgIpc) is 2.38. The van der Waals surface area contributed by atoms with Crippen LogP contribution in [0.1, 0.15) is 36.0 Å². The third-order valence-corrected chi connectivity index (χ3v) is 3.83. The molecule has 1 N–H and O–H groups in total. The van der Waals surface area contributed by atoms with Crippen molar-refractivity contribution in [1.29, 1.82) is 0 Å². The lowest BCUT2D eigenvalue weighted by Crippen LogP contribution is -2.40. The average molecular weight is 307 g/mol. The summed E-state index contributed by atoms with van der Waals surface area (Å²) >= 11 is 5.80. The first-order chi connectivity index (χ1) is 9.38. The zero-order chi connectivity index (χ0) is 14.8. The fourth-order valence-electron chi connectivity index (χ4n) is 2.38. The second-order valence-corrected chi connectivity index (χ2v) is 5.26. The fraction of sp³-hybridized carbons (Fsp3) is 0.538. The summed E-state index contributed by atoms with van der Waals surface area (Å²) < 4.78 is 37.6. The molecule has 0 atom stereocenters. The van der Waals surface area contributed by atoms with Gasteiger partial charge in [-0.3, -0.25) is 4.79 Å². The highest BCUT2D eigenvalue weighted by atomic mass is 35.5. The lowest BCUT2D eigenvalue weighted by atomic mass is 9.85. The summed E-state index contributed by atoms with van der Waals surface area (Å²) in [6, 6.07) is 2.88. The predicted octanol–water partition coefficient (Wildman–Crippen LogP) is 3.59. The first-order valence-electron chi connectivity index (χ1n) is 6.36. The van der Waals surface area contributed by atoms with Crippen LogP contribution < -0.4 is 5.32 Å². The minimum absolute atomic E-state index is 0.0508. The molecule has 1 fully saturated rings. The van der Waals surface area contributed by atoms with Crippen LogP contribution in [0.15, 0.2) is 18.3 Å². The Morgan fingerprint density at radius 2 is 1.95 bits per heavy atom. The molecule has 7 heteroatoms. The van der Waals surface area contributed by atoms with Crippen molar-refractivity contribution < 1.29 is 18.0 Å². The van der Waals surface area contributed by atoms with E-state index in [0.29, 0.717) is 12.8 Å². The molecule has 2 rings (SSSR count). The number of hydrogen-bond donors (Lipinski definition) is 1. The molecule has 1 aromatic heterocycles. The maximum Gasteiger partial charge on any atom is 0.391 e. The highest BCUT2D eigenvalue weighted by Gasteiger charge is 2.41. The highest BCUT2D eigenvalue weighted by Crippen LogP contribution is 2.37. The summed E-state index contributed by atoms with van der Waals surface area (Å²) in [6.07, 6.45) is -1.92. The standard InChI is InChI=1S/C13H14ClF3N2O/c14-11-10(2-1-7-18-11)12(20)19-9-5-3-8(4-6-9)13(15,16)17/h1-2,7-9H,3-6H2,(H,19,20). The minimum atomic E-state index is -4.14. The number of pyridine rings is 1. The SMILES string of the molecule is O=C(NC1CCC(C(F)(F)F)CC1)c1cccnc1Cl. The zero-order valence-electron chi connectivity index (χ0n) is 10.6. The van der Waals surface area contributed by atoms with Crippen LogP contribution in [0.3, 0.4) is 0 Å². The van der Waals surface area contributed by atoms with Crippen LogP contribution in [-0.2, 0) is 0 Å². The highest BCUT2D eigenvalue weighted by molar-refractivity contribution is 6.32. The Morgan fingerprint density at radius 3 is 2.50 bits per heavy atom. The summed E-state index contributed by atoms with van der Waals surface area (Å²) in [4.78, 5) is 15.7. The lowest BCUT2D eigenvalue weighted by molar-refractivity contribution is -0.182. The van der Waals surface area contributed by atoms with E-state index in [4.69, 9.17) is 11.6 Å². The molecule has 1 amide bonds. The number of hydrogen-bond acceptors (Lipinski definition) is 2. The van der Waals surface area contributed by atoms with Crippen LogP contribution in [-0.4, -0.2) is 23.1 Å². The van der Waals surface area contributed by atoms with E-state index in [9.17, 15) is 18.0 Å². The van der Waals surface area contributed by atoms with Crippen molar-refractivity contribution in [1.82, 2.24) is 10.3 Å². The molecule has 3 nitrogen and oxygen atoms in total. The number of nitrogens with one attached hydrogen (secondary N) is 1. The molecule has 1 aromatic rings. The number of carbonyl (C=O) groups is 1. The molecule has 1 aliphatic rings. The van der Waals surface area contributed by atoms with Crippen molar-refractivity contribution in [3.63, 3.8) is 0 Å². The van der Waals surface area contributed by atoms with Crippen LogP contribution in [0, 0.1) is 5.92 Å². The molecule has 0 aromatic carbocycles. The van der Waals surface area contributed by atoms with Gasteiger partial charge in [0.05, 0.1) is 11.5 Å². The van der Waals surface area contributed by atoms with E-state index < -0.39 is 18.0 Å². The van der Waals surface area contributed by atoms with Gasteiger partial charge in [-0.05, 0) is 37.8 Å². The second-order valence-electron chi connectivity index (χ2n) is 4.91. The Hall–Kier alpha value is -1.30. The Labute approximate surface area is 119 Å². The molecule has 110 valence electrons. The molecule has 0 unspecified atom stereocenters. The van der Waals surface area contributed by atoms with E-state index >= 15 is 0 Å². The monoisotopic (exact) mass is 306 g/mol. The first-order valence-corrected chi connectivity index (χ1v) is 6.74. The van der Waals surface area contributed by atoms with Crippen LogP contribution >= 0.6 is 11.6 Å². The molecule has 0 aliphatic heterocycles. The summed E-state index contributed by atoms with van der Waals surface area (Å²) in [6.45, 7) is 0. The first kappa shape index (κ1) is 15.1. The number of alkyl halides is 3. The van der Waals surface area contributed by atoms with Gasteiger partial charge in [-0.2, -0.15) is 13.2 Å². The quantitative estimate of drug-likeness (QED) is 0.849. The number of halogens is 4. The number of aromatic nitrogens is 1. The minimum Gasteiger partial charge on any atom is -0.349 e. The van der Waals surface area contributed by atoms with Crippen molar-refractivity contribution in [2.24, 2.45) is 5.92 Å². The lowest BCUT2D eigenvalue weighted by Gasteiger charge is -2.30. The van der Waals surface area contributed by atoms with Crippen molar-refractivity contribution in [3.05, 3.63) is 29.0 Å². The normalized spacial score (nSPS) is 23.4. The number of nitrogens with zero attached hydrogens (tertiary/aromatic N) is 1. The van der Waals surface area contributed by atoms with Crippen LogP contribution in [0.2, 0.25) is 5.15 Å². The van der Waals surface area contributed by atoms with Crippen molar-refractivity contribution in [2.45, 2.75) is 37.9 Å². The maximum absolute atomic E-state index is 12.5. The number of carbonyl (C=O) groups excluding carboxylic acids is 1. The third-order valence-electron chi connectivity index (χ3n) is 3.53. The van der Waals surface area contributed by atoms with Gasteiger partial charge in [0.15, 0.2) is 0 Å². The van der Waals surface area contributed by atoms with E-state index in [-0.39, 0.29) is 29.6 Å². The molecule has 1 aliphatic carbocycles. The largest absolute Gasteiger partial charge is 0.391 e. The van der Waals surface area contributed by atoms with Crippen molar-refractivity contribution in [2.75, 3.05) is 0 Å². The Morgan fingerprint density at radius 1 is 1.30 bits per heavy atom. The molecule has 0 spiro atoms. The van der Waals surface area contributed by atoms with Gasteiger partial charge in [-0.1, -0.05) is 11.6 Å². The molecule has 0 bridgehead atoms. The molecule has 1 saturated carbocycles. The van der Waals surface area contributed by atoms with Gasteiger partial charge in [-0.25, -0.2) is 4.98 Å². The second kappa shape index (κ2) is 5.99. The topological polar surface area (TPSA) is 42.0 Å². The van der Waals surface area contributed by atoms with E-state index in [1.165, 1.54) is 12.3 Å². The third kappa shape index (κ3) is 3.62. The van der Waals surface area contributed by atoms with Gasteiger partial charge in [0.2, 0.25) is 0 Å². The number of rotatable bonds is 2. The van der Waals surface area contributed by atoms with Gasteiger partial charge in [0.25, 0.3) is 5.91 Å². The Balaban J connectivity index is 1.90. The van der Waals surface area contributed by atoms with E-state index in [1.807, 2.05) is 0 Å². The van der Waals surface area contributed by atoms with E-state index in [0.717, 1.165) is 0 Å². The van der Waals surface area contributed by atoms with Crippen LogP contribution in [0.5, 0.6) is 0 Å². The fourth-order valence-corrected chi connectivity index (χ4v) is 2.59. The molecule has 20 heavy (non-hydrogen) atoms. The molecular formula is C13H14ClF3N2O. The summed E-state index contributed by atoms with van der Waals surface area (Å²) in [5, 5.41) is 2.81. The van der Waals surface area contributed by atoms with E-state index in [2.05, 4.69) is 10.3 Å². The van der Waals surface area contributed by atoms with Crippen LogP contribution in [0.4, 0.5) is 13.2 Å². The summed E-state index contributed by atoms with van der Waals surface area (Å²) in [5.74, 6) is -1.64. The Bertz CT molecular complexity index is 485. The number of amides is 1. The van der Waals surface area contributed by atoms with Crippen molar-refractivity contribution >= 4 is 17.5 Å². The van der Waals surface area contributed by atoms with Gasteiger partial charge in [0, 0.05) is 12.2 Å². The van der Waals surface area contributed by atoms with Gasteiger partial charge in [0.1, 0.15) is 5.15 Å². The van der Waals surface area contributed by atoms with Gasteiger partial charge in [-0.15, -0.1) is 0 Å². The maximum atomic E-state index is 12.5. The van der Waals surface area contributed by atoms with Gasteiger partial charge < -0.3 is 5.32 Å². The van der Waals surface area contributed by atoms with Crippen LogP contribution in [0.25, 0.3) is 0 Å². The summed E-state index contributed by atoms with van der Waals surface area (Å²) in [5.41, 5.74) is 0.243. The smallest absolute Gasteiger partial charge is 0.349 e. The van der Waals surface area contributed by atoms with Gasteiger partial charge >= 0.3 is 6.18 Å². The molecule has 1 heterocycles. The molecule has 0 radical (unpaired) electrons. The zero-order valence-corrected chi connectivity index (χ0v) is 11.3. The Kier molecular flexibility index (Phi) is 4.52. The van der Waals surface area contributed by atoms with Crippen molar-refractivity contribution in [3.8, 4) is 0 Å². The predicted molar refractivity (Wildman–Crippen MR) is 68.5 cm³/mol. The molecular weight excluding hydrogens is 293 g/mol. The molecule has 0 saturated heterocycles.